The molecule has 0 aromatic carbocycles. The fraction of sp³-hybridized carbons (Fsp3) is 0.500. The van der Waals surface area contributed by atoms with E-state index in [2.05, 4.69) is 9.84 Å². The van der Waals surface area contributed by atoms with E-state index in [0.29, 0.717) is 0 Å². The van der Waals surface area contributed by atoms with E-state index in [0.717, 1.165) is 10.9 Å². The summed E-state index contributed by atoms with van der Waals surface area (Å²) < 4.78 is 42.1. The Morgan fingerprint density at radius 3 is 2.69 bits per heavy atom. The maximum Gasteiger partial charge on any atom is 0.437 e. The van der Waals surface area contributed by atoms with Crippen molar-refractivity contribution in [1.82, 2.24) is 9.78 Å². The predicted octanol–water partition coefficient (Wildman–Crippen LogP) is 1.05. The zero-order valence-electron chi connectivity index (χ0n) is 8.41. The summed E-state index contributed by atoms with van der Waals surface area (Å²) in [4.78, 5) is 10.8. The number of halogens is 3. The molecule has 0 fully saturated rings. The van der Waals surface area contributed by atoms with Crippen molar-refractivity contribution < 1.29 is 22.7 Å². The number of nitrogens with two attached hydrogens (primary N) is 1. The largest absolute Gasteiger partial charge is 0.469 e. The minimum atomic E-state index is -4.58. The molecule has 0 aliphatic heterocycles. The number of anilines is 1. The highest BCUT2D eigenvalue weighted by Gasteiger charge is 2.36. The van der Waals surface area contributed by atoms with Gasteiger partial charge in [0.05, 0.1) is 25.8 Å². The number of ether oxygens (including phenoxy) is 1. The number of nitrogens with zero attached hydrogens (tertiary/aromatic N) is 2. The number of hydrogen-bond acceptors (Lipinski definition) is 4. The number of hydrogen-bond donors (Lipinski definition) is 1. The summed E-state index contributed by atoms with van der Waals surface area (Å²) >= 11 is 0. The van der Waals surface area contributed by atoms with Gasteiger partial charge in [-0.1, -0.05) is 0 Å². The number of methoxy groups -OCH3 is 1. The van der Waals surface area contributed by atoms with Crippen LogP contribution < -0.4 is 5.73 Å². The van der Waals surface area contributed by atoms with Gasteiger partial charge in [0.2, 0.25) is 0 Å². The van der Waals surface area contributed by atoms with Gasteiger partial charge >= 0.3 is 12.1 Å². The van der Waals surface area contributed by atoms with Crippen LogP contribution in [0.4, 0.5) is 18.9 Å². The second kappa shape index (κ2) is 4.42. The average Bonchev–Trinajstić information content (AvgIpc) is 2.55. The van der Waals surface area contributed by atoms with Crippen LogP contribution in [0.15, 0.2) is 6.20 Å². The molecule has 0 radical (unpaired) electrons. The summed E-state index contributed by atoms with van der Waals surface area (Å²) in [6, 6.07) is 0. The standard InChI is InChI=1S/C8H10F3N3O2/c1-16-6(15)2-3-14-4-5(12)7(13-14)8(9,10)11/h4H,2-3,12H2,1H3. The molecule has 0 spiro atoms. The van der Waals surface area contributed by atoms with Gasteiger partial charge in [-0.3, -0.25) is 9.48 Å². The van der Waals surface area contributed by atoms with Gasteiger partial charge < -0.3 is 10.5 Å². The van der Waals surface area contributed by atoms with Crippen molar-refractivity contribution in [2.24, 2.45) is 0 Å². The van der Waals surface area contributed by atoms with Crippen molar-refractivity contribution in [3.63, 3.8) is 0 Å². The first-order valence-corrected chi connectivity index (χ1v) is 4.31. The zero-order chi connectivity index (χ0) is 12.3. The molecule has 5 nitrogen and oxygen atoms in total. The van der Waals surface area contributed by atoms with Gasteiger partial charge in [0.15, 0.2) is 5.69 Å². The van der Waals surface area contributed by atoms with E-state index in [-0.39, 0.29) is 13.0 Å². The van der Waals surface area contributed by atoms with E-state index in [1.54, 1.807) is 0 Å². The Balaban J connectivity index is 2.74. The molecule has 0 saturated carbocycles. The summed E-state index contributed by atoms with van der Waals surface area (Å²) in [5, 5.41) is 3.25. The van der Waals surface area contributed by atoms with Crippen LogP contribution in [0.25, 0.3) is 0 Å². The van der Waals surface area contributed by atoms with E-state index in [9.17, 15) is 18.0 Å². The number of alkyl halides is 3. The Labute approximate surface area is 89.0 Å². The lowest BCUT2D eigenvalue weighted by atomic mass is 10.4. The Morgan fingerprint density at radius 2 is 2.25 bits per heavy atom. The highest BCUT2D eigenvalue weighted by molar-refractivity contribution is 5.68. The number of rotatable bonds is 3. The van der Waals surface area contributed by atoms with Crippen LogP contribution in [0, 0.1) is 0 Å². The quantitative estimate of drug-likeness (QED) is 0.797. The first kappa shape index (κ1) is 12.3. The fourth-order valence-electron chi connectivity index (χ4n) is 1.08. The minimum Gasteiger partial charge on any atom is -0.469 e. The lowest BCUT2D eigenvalue weighted by Crippen LogP contribution is -2.11. The first-order valence-electron chi connectivity index (χ1n) is 4.31. The van der Waals surface area contributed by atoms with E-state index in [4.69, 9.17) is 5.73 Å². The highest BCUT2D eigenvalue weighted by atomic mass is 19.4. The van der Waals surface area contributed by atoms with Crippen LogP contribution in [-0.4, -0.2) is 22.9 Å². The molecular weight excluding hydrogens is 227 g/mol. The van der Waals surface area contributed by atoms with Crippen molar-refractivity contribution in [1.29, 1.82) is 0 Å². The third-order valence-corrected chi connectivity index (χ3v) is 1.83. The Kier molecular flexibility index (Phi) is 3.41. The normalized spacial score (nSPS) is 11.5. The van der Waals surface area contributed by atoms with Crippen LogP contribution in [0.2, 0.25) is 0 Å². The van der Waals surface area contributed by atoms with E-state index in [1.807, 2.05) is 0 Å². The fourth-order valence-corrected chi connectivity index (χ4v) is 1.08. The average molecular weight is 237 g/mol. The molecule has 1 heterocycles. The van der Waals surface area contributed by atoms with Crippen LogP contribution in [0.1, 0.15) is 12.1 Å². The number of carbonyl (C=O) groups is 1. The summed E-state index contributed by atoms with van der Waals surface area (Å²) in [5.74, 6) is -0.525. The number of aromatic nitrogens is 2. The summed E-state index contributed by atoms with van der Waals surface area (Å²) in [6.45, 7) is -0.00699. The Hall–Kier alpha value is -1.73. The first-order chi connectivity index (χ1) is 7.34. The maximum absolute atomic E-state index is 12.3. The van der Waals surface area contributed by atoms with Gasteiger partial charge in [-0.15, -0.1) is 0 Å². The molecule has 0 aliphatic carbocycles. The molecule has 0 bridgehead atoms. The third kappa shape index (κ3) is 2.88. The highest BCUT2D eigenvalue weighted by Crippen LogP contribution is 2.31. The van der Waals surface area contributed by atoms with Crippen LogP contribution in [-0.2, 0) is 22.3 Å². The predicted molar refractivity (Wildman–Crippen MR) is 48.3 cm³/mol. The molecule has 1 aromatic heterocycles. The third-order valence-electron chi connectivity index (χ3n) is 1.83. The van der Waals surface area contributed by atoms with Gasteiger partial charge in [0.1, 0.15) is 0 Å². The Morgan fingerprint density at radius 1 is 1.62 bits per heavy atom. The van der Waals surface area contributed by atoms with Crippen molar-refractivity contribution in [3.8, 4) is 0 Å². The zero-order valence-corrected chi connectivity index (χ0v) is 8.41. The van der Waals surface area contributed by atoms with Crippen molar-refractivity contribution in [2.45, 2.75) is 19.1 Å². The molecule has 0 unspecified atom stereocenters. The molecule has 90 valence electrons. The molecule has 0 aliphatic rings. The van der Waals surface area contributed by atoms with Crippen LogP contribution in [0.5, 0.6) is 0 Å². The second-order valence-electron chi connectivity index (χ2n) is 3.02. The summed E-state index contributed by atoms with van der Waals surface area (Å²) in [5.41, 5.74) is 3.54. The molecular formula is C8H10F3N3O2. The molecule has 1 rings (SSSR count). The summed E-state index contributed by atoms with van der Waals surface area (Å²) in [7, 11) is 1.20. The van der Waals surface area contributed by atoms with Crippen LogP contribution in [0.3, 0.4) is 0 Å². The monoisotopic (exact) mass is 237 g/mol. The molecule has 0 saturated heterocycles. The number of esters is 1. The SMILES string of the molecule is COC(=O)CCn1cc(N)c(C(F)(F)F)n1. The van der Waals surface area contributed by atoms with Crippen molar-refractivity contribution in [3.05, 3.63) is 11.9 Å². The lowest BCUT2D eigenvalue weighted by Gasteiger charge is -2.02. The molecule has 2 N–H and O–H groups in total. The molecule has 1 aromatic rings. The van der Waals surface area contributed by atoms with Gasteiger partial charge in [-0.05, 0) is 0 Å². The number of carbonyl (C=O) groups excluding carboxylic acids is 1. The van der Waals surface area contributed by atoms with Gasteiger partial charge in [-0.25, -0.2) is 0 Å². The molecule has 8 heteroatoms. The minimum absolute atomic E-state index is 0.00699. The smallest absolute Gasteiger partial charge is 0.437 e. The van der Waals surface area contributed by atoms with Crippen LogP contribution >= 0.6 is 0 Å². The van der Waals surface area contributed by atoms with Crippen molar-refractivity contribution >= 4 is 11.7 Å². The Bertz CT molecular complexity index is 386. The lowest BCUT2D eigenvalue weighted by molar-refractivity contribution is -0.141. The van der Waals surface area contributed by atoms with E-state index in [1.165, 1.54) is 7.11 Å². The summed E-state index contributed by atoms with van der Waals surface area (Å²) in [6.07, 6.45) is -3.61. The molecule has 0 atom stereocenters. The number of nitrogen functional groups attached to an aromatic ring is 1. The van der Waals surface area contributed by atoms with E-state index < -0.39 is 23.5 Å². The topological polar surface area (TPSA) is 70.1 Å². The number of aryl methyl sites for hydroxylation is 1. The maximum atomic E-state index is 12.3. The van der Waals surface area contributed by atoms with Gasteiger partial charge in [0, 0.05) is 6.20 Å². The molecule has 0 amide bonds. The molecule has 16 heavy (non-hydrogen) atoms. The van der Waals surface area contributed by atoms with Gasteiger partial charge in [-0.2, -0.15) is 18.3 Å². The van der Waals surface area contributed by atoms with E-state index >= 15 is 0 Å². The second-order valence-corrected chi connectivity index (χ2v) is 3.02. The van der Waals surface area contributed by atoms with Crippen molar-refractivity contribution in [2.75, 3.05) is 12.8 Å². The van der Waals surface area contributed by atoms with Gasteiger partial charge in [0.25, 0.3) is 0 Å².